The number of likely N-dealkylation sites (N-methyl/N-ethyl adjacent to an activating group) is 1. The molecule has 0 saturated carbocycles. The van der Waals surface area contributed by atoms with Gasteiger partial charge < -0.3 is 14.4 Å². The number of carbonyl (C=O) groups excluding carboxylic acids is 2. The van der Waals surface area contributed by atoms with Gasteiger partial charge in [-0.2, -0.15) is 0 Å². The van der Waals surface area contributed by atoms with Crippen LogP contribution in [0.2, 0.25) is 0 Å². The Morgan fingerprint density at radius 1 is 0.806 bits per heavy atom. The molecule has 0 radical (unpaired) electrons. The molecule has 3 aromatic carbocycles. The molecule has 0 aromatic heterocycles. The van der Waals surface area contributed by atoms with Gasteiger partial charge in [0, 0.05) is 20.2 Å². The summed E-state index contributed by atoms with van der Waals surface area (Å²) in [4.78, 5) is 27.6. The molecule has 3 rings (SSSR count). The lowest BCUT2D eigenvalue weighted by atomic mass is 9.86. The number of amides is 1. The molecule has 1 amide bonds. The van der Waals surface area contributed by atoms with Crippen molar-refractivity contribution < 1.29 is 19.1 Å². The van der Waals surface area contributed by atoms with E-state index in [0.717, 1.165) is 5.56 Å². The number of benzene rings is 3. The number of rotatable bonds is 9. The fourth-order valence-corrected chi connectivity index (χ4v) is 3.47. The van der Waals surface area contributed by atoms with Crippen LogP contribution in [0.1, 0.15) is 23.6 Å². The van der Waals surface area contributed by atoms with E-state index in [0.29, 0.717) is 24.3 Å². The molecule has 0 unspecified atom stereocenters. The summed E-state index contributed by atoms with van der Waals surface area (Å²) in [7, 11) is 1.69. The first kappa shape index (κ1) is 22.2. The van der Waals surface area contributed by atoms with Crippen molar-refractivity contribution in [2.45, 2.75) is 19.1 Å². The SMILES string of the molecule is CCOC(C(=O)OCC(=O)N(C)Cc1ccccc1)(c1ccccc1)c1ccccc1. The van der Waals surface area contributed by atoms with Gasteiger partial charge >= 0.3 is 5.97 Å². The molecule has 0 N–H and O–H groups in total. The zero-order valence-electron chi connectivity index (χ0n) is 17.9. The molecule has 0 aliphatic heterocycles. The van der Waals surface area contributed by atoms with E-state index in [1.54, 1.807) is 7.05 Å². The summed E-state index contributed by atoms with van der Waals surface area (Å²) in [5.74, 6) is -0.906. The van der Waals surface area contributed by atoms with E-state index in [4.69, 9.17) is 9.47 Å². The normalized spacial score (nSPS) is 11.0. The van der Waals surface area contributed by atoms with Crippen LogP contribution in [0.4, 0.5) is 0 Å². The van der Waals surface area contributed by atoms with Crippen molar-refractivity contribution in [2.24, 2.45) is 0 Å². The van der Waals surface area contributed by atoms with Crippen LogP contribution in [0.25, 0.3) is 0 Å². The Bertz CT molecular complexity index is 935. The largest absolute Gasteiger partial charge is 0.453 e. The number of hydrogen-bond acceptors (Lipinski definition) is 4. The molecule has 3 aromatic rings. The Kier molecular flexibility index (Phi) is 7.57. The molecule has 0 spiro atoms. The fraction of sp³-hybridized carbons (Fsp3) is 0.231. The van der Waals surface area contributed by atoms with Crippen molar-refractivity contribution >= 4 is 11.9 Å². The summed E-state index contributed by atoms with van der Waals surface area (Å²) in [6.07, 6.45) is 0. The van der Waals surface area contributed by atoms with Gasteiger partial charge in [-0.15, -0.1) is 0 Å². The smallest absolute Gasteiger partial charge is 0.348 e. The quantitative estimate of drug-likeness (QED) is 0.491. The third kappa shape index (κ3) is 5.19. The molecule has 0 heterocycles. The van der Waals surface area contributed by atoms with Gasteiger partial charge in [0.15, 0.2) is 6.61 Å². The van der Waals surface area contributed by atoms with E-state index in [2.05, 4.69) is 0 Å². The van der Waals surface area contributed by atoms with Gasteiger partial charge in [0.05, 0.1) is 0 Å². The minimum atomic E-state index is -1.45. The second-order valence-electron chi connectivity index (χ2n) is 7.16. The standard InChI is InChI=1S/C26H27NO4/c1-3-31-26(22-15-9-5-10-16-22,23-17-11-6-12-18-23)25(29)30-20-24(28)27(2)19-21-13-7-4-8-14-21/h4-18H,3,19-20H2,1-2H3. The molecule has 0 atom stereocenters. The number of esters is 1. The Morgan fingerprint density at radius 3 is 1.77 bits per heavy atom. The molecule has 5 nitrogen and oxygen atoms in total. The Balaban J connectivity index is 1.81. The minimum Gasteiger partial charge on any atom is -0.453 e. The van der Waals surface area contributed by atoms with Crippen molar-refractivity contribution in [3.8, 4) is 0 Å². The lowest BCUT2D eigenvalue weighted by molar-refractivity contribution is -0.171. The number of hydrogen-bond donors (Lipinski definition) is 0. The van der Waals surface area contributed by atoms with E-state index < -0.39 is 11.6 Å². The van der Waals surface area contributed by atoms with Gasteiger partial charge in [-0.1, -0.05) is 91.0 Å². The molecular weight excluding hydrogens is 390 g/mol. The summed E-state index contributed by atoms with van der Waals surface area (Å²) < 4.78 is 11.6. The van der Waals surface area contributed by atoms with E-state index in [1.165, 1.54) is 4.90 Å². The fourth-order valence-electron chi connectivity index (χ4n) is 3.47. The Morgan fingerprint density at radius 2 is 1.29 bits per heavy atom. The zero-order chi connectivity index (χ0) is 22.1. The second kappa shape index (κ2) is 10.5. The summed E-state index contributed by atoms with van der Waals surface area (Å²) in [6.45, 7) is 2.19. The monoisotopic (exact) mass is 417 g/mol. The highest BCUT2D eigenvalue weighted by Gasteiger charge is 2.45. The van der Waals surface area contributed by atoms with Gasteiger partial charge in [-0.25, -0.2) is 4.79 Å². The van der Waals surface area contributed by atoms with E-state index in [1.807, 2.05) is 97.9 Å². The Hall–Kier alpha value is -3.44. The van der Waals surface area contributed by atoms with Crippen LogP contribution < -0.4 is 0 Å². The zero-order valence-corrected chi connectivity index (χ0v) is 17.9. The van der Waals surface area contributed by atoms with Crippen LogP contribution in [0.5, 0.6) is 0 Å². The maximum atomic E-state index is 13.4. The van der Waals surface area contributed by atoms with Crippen LogP contribution in [0.3, 0.4) is 0 Å². The molecule has 0 saturated heterocycles. The molecule has 5 heteroatoms. The second-order valence-corrected chi connectivity index (χ2v) is 7.16. The van der Waals surface area contributed by atoms with Crippen molar-refractivity contribution in [1.82, 2.24) is 4.90 Å². The van der Waals surface area contributed by atoms with Crippen molar-refractivity contribution in [2.75, 3.05) is 20.3 Å². The third-order valence-corrected chi connectivity index (χ3v) is 5.02. The van der Waals surface area contributed by atoms with Crippen molar-refractivity contribution in [3.05, 3.63) is 108 Å². The first-order valence-corrected chi connectivity index (χ1v) is 10.3. The predicted octanol–water partition coefficient (Wildman–Crippen LogP) is 4.17. The molecular formula is C26H27NO4. The van der Waals surface area contributed by atoms with Gasteiger partial charge in [0.2, 0.25) is 5.60 Å². The molecule has 0 aliphatic carbocycles. The van der Waals surface area contributed by atoms with Crippen LogP contribution in [-0.4, -0.2) is 37.0 Å². The summed E-state index contributed by atoms with van der Waals surface area (Å²) in [5.41, 5.74) is 0.855. The average Bonchev–Trinajstić information content (AvgIpc) is 2.82. The number of carbonyl (C=O) groups is 2. The van der Waals surface area contributed by atoms with Crippen LogP contribution >= 0.6 is 0 Å². The minimum absolute atomic E-state index is 0.288. The average molecular weight is 418 g/mol. The molecule has 31 heavy (non-hydrogen) atoms. The van der Waals surface area contributed by atoms with Crippen LogP contribution in [0, 0.1) is 0 Å². The molecule has 160 valence electrons. The lowest BCUT2D eigenvalue weighted by Gasteiger charge is -2.32. The molecule has 0 fully saturated rings. The first-order chi connectivity index (χ1) is 15.1. The van der Waals surface area contributed by atoms with Gasteiger partial charge in [0.25, 0.3) is 5.91 Å². The summed E-state index contributed by atoms with van der Waals surface area (Å²) >= 11 is 0. The highest BCUT2D eigenvalue weighted by Crippen LogP contribution is 2.35. The summed E-state index contributed by atoms with van der Waals surface area (Å²) in [5, 5.41) is 0. The van der Waals surface area contributed by atoms with Gasteiger partial charge in [-0.3, -0.25) is 4.79 Å². The number of ether oxygens (including phenoxy) is 2. The van der Waals surface area contributed by atoms with Crippen molar-refractivity contribution in [3.63, 3.8) is 0 Å². The first-order valence-electron chi connectivity index (χ1n) is 10.3. The highest BCUT2D eigenvalue weighted by molar-refractivity contribution is 5.88. The summed E-state index contributed by atoms with van der Waals surface area (Å²) in [6, 6.07) is 28.1. The molecule has 0 aliphatic rings. The van der Waals surface area contributed by atoms with Gasteiger partial charge in [-0.05, 0) is 23.6 Å². The third-order valence-electron chi connectivity index (χ3n) is 5.02. The number of nitrogens with zero attached hydrogens (tertiary/aromatic N) is 1. The highest BCUT2D eigenvalue weighted by atomic mass is 16.6. The van der Waals surface area contributed by atoms with E-state index >= 15 is 0 Å². The topological polar surface area (TPSA) is 55.8 Å². The predicted molar refractivity (Wildman–Crippen MR) is 119 cm³/mol. The molecule has 0 bridgehead atoms. The maximum Gasteiger partial charge on any atom is 0.348 e. The lowest BCUT2D eigenvalue weighted by Crippen LogP contribution is -2.43. The van der Waals surface area contributed by atoms with Crippen LogP contribution in [0.15, 0.2) is 91.0 Å². The van der Waals surface area contributed by atoms with Crippen molar-refractivity contribution in [1.29, 1.82) is 0 Å². The van der Waals surface area contributed by atoms with Crippen LogP contribution in [-0.2, 0) is 31.2 Å². The maximum absolute atomic E-state index is 13.4. The van der Waals surface area contributed by atoms with Gasteiger partial charge in [0.1, 0.15) is 0 Å². The Labute approximate surface area is 183 Å². The van der Waals surface area contributed by atoms with E-state index in [-0.39, 0.29) is 12.5 Å². The van der Waals surface area contributed by atoms with E-state index in [9.17, 15) is 9.59 Å².